The summed E-state index contributed by atoms with van der Waals surface area (Å²) in [6, 6.07) is 14.0. The Morgan fingerprint density at radius 1 is 1.14 bits per heavy atom. The zero-order chi connectivity index (χ0) is 19.8. The van der Waals surface area contributed by atoms with Gasteiger partial charge < -0.3 is 14.8 Å². The molecule has 0 bridgehead atoms. The fourth-order valence-corrected chi connectivity index (χ4v) is 4.09. The zero-order valence-corrected chi connectivity index (χ0v) is 16.9. The summed E-state index contributed by atoms with van der Waals surface area (Å²) in [4.78, 5) is 12.4. The number of benzene rings is 2. The third-order valence-electron chi connectivity index (χ3n) is 5.69. The van der Waals surface area contributed by atoms with Gasteiger partial charge >= 0.3 is 6.09 Å². The third kappa shape index (κ3) is 5.35. The molecule has 3 rings (SSSR count). The molecule has 1 saturated carbocycles. The van der Waals surface area contributed by atoms with Crippen LogP contribution in [0.15, 0.2) is 54.1 Å². The Morgan fingerprint density at radius 3 is 2.68 bits per heavy atom. The molecule has 2 aromatic rings. The minimum absolute atomic E-state index is 0.257. The van der Waals surface area contributed by atoms with Crippen molar-refractivity contribution in [1.29, 1.82) is 0 Å². The number of amides is 1. The maximum Gasteiger partial charge on any atom is 0.408 e. The molecule has 2 aromatic carbocycles. The fourth-order valence-electron chi connectivity index (χ4n) is 4.09. The molecule has 0 spiro atoms. The molecule has 1 N–H and O–H groups in total. The molecular formula is C24H31NO3. The van der Waals surface area contributed by atoms with Gasteiger partial charge in [-0.15, -0.1) is 0 Å². The van der Waals surface area contributed by atoms with E-state index in [0.29, 0.717) is 19.1 Å². The minimum Gasteiger partial charge on any atom is -0.445 e. The van der Waals surface area contributed by atoms with Crippen molar-refractivity contribution >= 4 is 16.9 Å². The van der Waals surface area contributed by atoms with Crippen LogP contribution >= 0.6 is 0 Å². The van der Waals surface area contributed by atoms with E-state index in [2.05, 4.69) is 36.5 Å². The summed E-state index contributed by atoms with van der Waals surface area (Å²) < 4.78 is 10.8. The monoisotopic (exact) mass is 381 g/mol. The lowest BCUT2D eigenvalue weighted by atomic mass is 9.84. The van der Waals surface area contributed by atoms with Crippen LogP contribution in [-0.4, -0.2) is 26.4 Å². The topological polar surface area (TPSA) is 47.6 Å². The molecular weight excluding hydrogens is 350 g/mol. The van der Waals surface area contributed by atoms with E-state index < -0.39 is 6.09 Å². The normalized spacial score (nSPS) is 16.7. The second kappa shape index (κ2) is 10.3. The fraction of sp³-hybridized carbons (Fsp3) is 0.458. The van der Waals surface area contributed by atoms with Crippen molar-refractivity contribution in [2.45, 2.75) is 45.1 Å². The third-order valence-corrected chi connectivity index (χ3v) is 5.69. The van der Waals surface area contributed by atoms with Gasteiger partial charge in [-0.2, -0.15) is 0 Å². The van der Waals surface area contributed by atoms with E-state index in [9.17, 15) is 4.79 Å². The number of ether oxygens (including phenoxy) is 2. The van der Waals surface area contributed by atoms with Crippen LogP contribution in [0.4, 0.5) is 4.79 Å². The van der Waals surface area contributed by atoms with Gasteiger partial charge in [-0.1, -0.05) is 67.3 Å². The summed E-state index contributed by atoms with van der Waals surface area (Å²) >= 11 is 0. The van der Waals surface area contributed by atoms with Gasteiger partial charge in [0.05, 0.1) is 12.6 Å². The SMILES string of the molecule is COCC(NC(=O)OC/C=C(/C)C1CCCCC1)c1cccc2ccccc12. The van der Waals surface area contributed by atoms with Crippen molar-refractivity contribution in [3.05, 3.63) is 59.7 Å². The van der Waals surface area contributed by atoms with Gasteiger partial charge in [-0.05, 0) is 48.1 Å². The average molecular weight is 382 g/mol. The average Bonchev–Trinajstić information content (AvgIpc) is 2.73. The first-order valence-electron chi connectivity index (χ1n) is 10.3. The highest BCUT2D eigenvalue weighted by Crippen LogP contribution is 2.29. The molecule has 0 heterocycles. The molecule has 1 aliphatic carbocycles. The summed E-state index contributed by atoms with van der Waals surface area (Å²) in [7, 11) is 1.64. The molecule has 150 valence electrons. The van der Waals surface area contributed by atoms with E-state index in [1.165, 1.54) is 37.7 Å². The molecule has 0 aromatic heterocycles. The van der Waals surface area contributed by atoms with Crippen LogP contribution in [0.5, 0.6) is 0 Å². The van der Waals surface area contributed by atoms with E-state index in [-0.39, 0.29) is 6.04 Å². The van der Waals surface area contributed by atoms with Gasteiger partial charge in [0.2, 0.25) is 0 Å². The summed E-state index contributed by atoms with van der Waals surface area (Å²) in [5, 5.41) is 5.22. The lowest BCUT2D eigenvalue weighted by Gasteiger charge is -2.22. The standard InChI is InChI=1S/C24H31NO3/c1-18(19-9-4-3-5-10-19)15-16-28-24(26)25-23(17-27-2)22-14-8-12-20-11-6-7-13-21(20)22/h6-8,11-15,19,23H,3-5,9-10,16-17H2,1-2H3,(H,25,26)/b18-15-. The van der Waals surface area contributed by atoms with Gasteiger partial charge in [-0.3, -0.25) is 0 Å². The zero-order valence-electron chi connectivity index (χ0n) is 16.9. The Balaban J connectivity index is 1.61. The molecule has 4 heteroatoms. The van der Waals surface area contributed by atoms with E-state index in [1.54, 1.807) is 7.11 Å². The molecule has 1 fully saturated rings. The number of methoxy groups -OCH3 is 1. The Hall–Kier alpha value is -2.33. The number of nitrogens with one attached hydrogen (secondary N) is 1. The highest BCUT2D eigenvalue weighted by Gasteiger charge is 2.18. The number of fused-ring (bicyclic) bond motifs is 1. The van der Waals surface area contributed by atoms with Crippen LogP contribution in [0, 0.1) is 5.92 Å². The van der Waals surface area contributed by atoms with Crippen molar-refractivity contribution < 1.29 is 14.3 Å². The molecule has 1 amide bonds. The Labute approximate surface area is 167 Å². The minimum atomic E-state index is -0.414. The second-order valence-corrected chi connectivity index (χ2v) is 7.60. The summed E-state index contributed by atoms with van der Waals surface area (Å²) in [6.07, 6.45) is 8.11. The van der Waals surface area contributed by atoms with Crippen molar-refractivity contribution in [3.8, 4) is 0 Å². The number of carbonyl (C=O) groups excluding carboxylic acids is 1. The first-order valence-corrected chi connectivity index (χ1v) is 10.3. The van der Waals surface area contributed by atoms with E-state index in [1.807, 2.05) is 24.3 Å². The summed E-state index contributed by atoms with van der Waals surface area (Å²) in [6.45, 7) is 2.85. The van der Waals surface area contributed by atoms with E-state index in [4.69, 9.17) is 9.47 Å². The number of hydrogen-bond donors (Lipinski definition) is 1. The second-order valence-electron chi connectivity index (χ2n) is 7.60. The molecule has 1 unspecified atom stereocenters. The van der Waals surface area contributed by atoms with Crippen LogP contribution in [0.2, 0.25) is 0 Å². The molecule has 0 aliphatic heterocycles. The largest absolute Gasteiger partial charge is 0.445 e. The predicted molar refractivity (Wildman–Crippen MR) is 113 cm³/mol. The first kappa shape index (κ1) is 20.4. The van der Waals surface area contributed by atoms with Crippen molar-refractivity contribution in [3.63, 3.8) is 0 Å². The number of hydrogen-bond acceptors (Lipinski definition) is 3. The number of allylic oxidation sites excluding steroid dienone is 1. The van der Waals surface area contributed by atoms with Crippen molar-refractivity contribution in [1.82, 2.24) is 5.32 Å². The van der Waals surface area contributed by atoms with E-state index in [0.717, 1.165) is 16.3 Å². The molecule has 4 nitrogen and oxygen atoms in total. The van der Waals surface area contributed by atoms with Gasteiger partial charge in [-0.25, -0.2) is 4.79 Å². The number of carbonyl (C=O) groups is 1. The first-order chi connectivity index (χ1) is 13.7. The van der Waals surface area contributed by atoms with Crippen LogP contribution in [0.3, 0.4) is 0 Å². The molecule has 1 atom stereocenters. The van der Waals surface area contributed by atoms with Gasteiger partial charge in [0, 0.05) is 7.11 Å². The molecule has 0 radical (unpaired) electrons. The molecule has 28 heavy (non-hydrogen) atoms. The number of rotatable bonds is 7. The summed E-state index contributed by atoms with van der Waals surface area (Å²) in [5.41, 5.74) is 2.38. The quantitative estimate of drug-likeness (QED) is 0.618. The van der Waals surface area contributed by atoms with Crippen LogP contribution in [-0.2, 0) is 9.47 Å². The highest BCUT2D eigenvalue weighted by molar-refractivity contribution is 5.86. The summed E-state index contributed by atoms with van der Waals surface area (Å²) in [5.74, 6) is 0.650. The van der Waals surface area contributed by atoms with Crippen LogP contribution < -0.4 is 5.32 Å². The highest BCUT2D eigenvalue weighted by atomic mass is 16.5. The van der Waals surface area contributed by atoms with Gasteiger partial charge in [0.25, 0.3) is 0 Å². The smallest absolute Gasteiger partial charge is 0.408 e. The maximum absolute atomic E-state index is 12.4. The van der Waals surface area contributed by atoms with Gasteiger partial charge in [0.15, 0.2) is 0 Å². The molecule has 0 saturated heterocycles. The maximum atomic E-state index is 12.4. The van der Waals surface area contributed by atoms with E-state index >= 15 is 0 Å². The van der Waals surface area contributed by atoms with Crippen LogP contribution in [0.1, 0.15) is 50.6 Å². The Morgan fingerprint density at radius 2 is 1.89 bits per heavy atom. The lowest BCUT2D eigenvalue weighted by molar-refractivity contribution is 0.133. The van der Waals surface area contributed by atoms with Crippen molar-refractivity contribution in [2.24, 2.45) is 5.92 Å². The van der Waals surface area contributed by atoms with Crippen molar-refractivity contribution in [2.75, 3.05) is 20.3 Å². The lowest BCUT2D eigenvalue weighted by Crippen LogP contribution is -2.32. The van der Waals surface area contributed by atoms with Gasteiger partial charge in [0.1, 0.15) is 6.61 Å². The Kier molecular flexibility index (Phi) is 7.49. The number of alkyl carbamates (subject to hydrolysis) is 1. The molecule has 1 aliphatic rings. The Bertz CT molecular complexity index is 803. The predicted octanol–water partition coefficient (Wildman–Crippen LogP) is 5.78. The van der Waals surface area contributed by atoms with Crippen LogP contribution in [0.25, 0.3) is 10.8 Å².